The van der Waals surface area contributed by atoms with E-state index in [2.05, 4.69) is 0 Å². The number of aliphatic carboxylic acids is 1. The molecule has 0 aromatic carbocycles. The van der Waals surface area contributed by atoms with Crippen molar-refractivity contribution < 1.29 is 24.3 Å². The summed E-state index contributed by atoms with van der Waals surface area (Å²) in [6.07, 6.45) is 0.620. The molecule has 0 aliphatic carbocycles. The number of aldehydes is 1. The number of carbonyl (C=O) groups is 4. The predicted molar refractivity (Wildman–Crippen MR) is 69.6 cm³/mol. The van der Waals surface area contributed by atoms with Gasteiger partial charge in [0.25, 0.3) is 0 Å². The number of hydrogen-bond donors (Lipinski definition) is 3. The van der Waals surface area contributed by atoms with Gasteiger partial charge in [-0.15, -0.1) is 0 Å². The Kier molecular flexibility index (Phi) is 8.09. The Morgan fingerprint density at radius 1 is 1.15 bits per heavy atom. The molecule has 20 heavy (non-hydrogen) atoms. The highest BCUT2D eigenvalue weighted by atomic mass is 16.4. The van der Waals surface area contributed by atoms with Crippen LogP contribution in [0.25, 0.3) is 0 Å². The monoisotopic (exact) mass is 288 g/mol. The summed E-state index contributed by atoms with van der Waals surface area (Å²) in [5, 5.41) is 8.76. The largest absolute Gasteiger partial charge is 0.480 e. The molecule has 114 valence electrons. The third-order valence-corrected chi connectivity index (χ3v) is 2.55. The second kappa shape index (κ2) is 8.99. The first-order chi connectivity index (χ1) is 9.26. The fourth-order valence-corrected chi connectivity index (χ4v) is 1.78. The van der Waals surface area contributed by atoms with E-state index in [0.29, 0.717) is 6.29 Å². The molecule has 0 unspecified atom stereocenters. The SMILES string of the molecule is C[C@@H](CN(CC(N)=O)CC(=O)O)N(CC=O)CC(N)=O. The lowest BCUT2D eigenvalue weighted by Crippen LogP contribution is -2.49. The minimum atomic E-state index is -1.10. The van der Waals surface area contributed by atoms with Crippen LogP contribution in [-0.2, 0) is 19.2 Å². The van der Waals surface area contributed by atoms with E-state index in [1.54, 1.807) is 6.92 Å². The van der Waals surface area contributed by atoms with Gasteiger partial charge in [-0.3, -0.25) is 24.2 Å². The number of carbonyl (C=O) groups excluding carboxylic acids is 3. The zero-order valence-corrected chi connectivity index (χ0v) is 11.3. The third-order valence-electron chi connectivity index (χ3n) is 2.55. The number of carboxylic acids is 1. The third kappa shape index (κ3) is 8.16. The van der Waals surface area contributed by atoms with Crippen molar-refractivity contribution in [3.63, 3.8) is 0 Å². The number of nitrogens with zero attached hydrogens (tertiary/aromatic N) is 2. The second-order valence-corrected chi connectivity index (χ2v) is 4.44. The van der Waals surface area contributed by atoms with Crippen molar-refractivity contribution in [1.29, 1.82) is 0 Å². The average Bonchev–Trinajstić information content (AvgIpc) is 2.25. The van der Waals surface area contributed by atoms with Crippen molar-refractivity contribution in [2.75, 3.05) is 32.7 Å². The number of amides is 2. The van der Waals surface area contributed by atoms with Gasteiger partial charge in [0, 0.05) is 12.6 Å². The minimum absolute atomic E-state index is 0.0123. The molecule has 5 N–H and O–H groups in total. The van der Waals surface area contributed by atoms with Gasteiger partial charge in [-0.25, -0.2) is 0 Å². The molecule has 0 rings (SSSR count). The fourth-order valence-electron chi connectivity index (χ4n) is 1.78. The summed E-state index contributed by atoms with van der Waals surface area (Å²) < 4.78 is 0. The summed E-state index contributed by atoms with van der Waals surface area (Å²) in [7, 11) is 0. The Labute approximate surface area is 116 Å². The van der Waals surface area contributed by atoms with Crippen molar-refractivity contribution in [3.8, 4) is 0 Å². The normalized spacial score (nSPS) is 12.3. The molecule has 0 heterocycles. The molecule has 0 saturated carbocycles. The Morgan fingerprint density at radius 3 is 2.10 bits per heavy atom. The van der Waals surface area contributed by atoms with Gasteiger partial charge in [0.1, 0.15) is 6.29 Å². The molecular weight excluding hydrogens is 268 g/mol. The van der Waals surface area contributed by atoms with E-state index < -0.39 is 17.8 Å². The summed E-state index contributed by atoms with van der Waals surface area (Å²) >= 11 is 0. The molecule has 0 aliphatic heterocycles. The van der Waals surface area contributed by atoms with E-state index in [1.807, 2.05) is 0 Å². The van der Waals surface area contributed by atoms with Gasteiger partial charge < -0.3 is 21.4 Å². The van der Waals surface area contributed by atoms with Gasteiger partial charge in [0.05, 0.1) is 26.2 Å². The zero-order valence-electron chi connectivity index (χ0n) is 11.3. The number of hydrogen-bond acceptors (Lipinski definition) is 6. The quantitative estimate of drug-likeness (QED) is 0.349. The van der Waals surface area contributed by atoms with Crippen molar-refractivity contribution >= 4 is 24.1 Å². The second-order valence-electron chi connectivity index (χ2n) is 4.44. The van der Waals surface area contributed by atoms with Crippen molar-refractivity contribution in [1.82, 2.24) is 9.80 Å². The van der Waals surface area contributed by atoms with E-state index in [9.17, 15) is 19.2 Å². The van der Waals surface area contributed by atoms with Crippen LogP contribution in [0.15, 0.2) is 0 Å². The highest BCUT2D eigenvalue weighted by Gasteiger charge is 2.21. The summed E-state index contributed by atoms with van der Waals surface area (Å²) in [6, 6.07) is -0.341. The lowest BCUT2D eigenvalue weighted by Gasteiger charge is -2.30. The van der Waals surface area contributed by atoms with Crippen LogP contribution in [0.5, 0.6) is 0 Å². The first kappa shape index (κ1) is 18.0. The highest BCUT2D eigenvalue weighted by molar-refractivity contribution is 5.77. The van der Waals surface area contributed by atoms with Crippen LogP contribution in [0.3, 0.4) is 0 Å². The summed E-state index contributed by atoms with van der Waals surface area (Å²) in [5.74, 6) is -2.36. The topological polar surface area (TPSA) is 147 Å². The molecule has 0 aliphatic rings. The number of nitrogens with two attached hydrogens (primary N) is 2. The smallest absolute Gasteiger partial charge is 0.317 e. The first-order valence-electron chi connectivity index (χ1n) is 5.94. The van der Waals surface area contributed by atoms with Crippen molar-refractivity contribution in [2.24, 2.45) is 11.5 Å². The Hall–Kier alpha value is -2.00. The molecule has 1 atom stereocenters. The highest BCUT2D eigenvalue weighted by Crippen LogP contribution is 2.01. The van der Waals surface area contributed by atoms with Gasteiger partial charge in [-0.05, 0) is 6.92 Å². The molecule has 9 heteroatoms. The number of rotatable bonds is 11. The lowest BCUT2D eigenvalue weighted by molar-refractivity contribution is -0.139. The molecule has 0 spiro atoms. The molecule has 0 aromatic rings. The molecule has 0 saturated heterocycles. The van der Waals surface area contributed by atoms with Gasteiger partial charge in [0.2, 0.25) is 11.8 Å². The Balaban J connectivity index is 4.69. The number of carboxylic acid groups (broad SMARTS) is 1. The summed E-state index contributed by atoms with van der Waals surface area (Å²) in [5.41, 5.74) is 10.1. The molecule has 0 aromatic heterocycles. The zero-order chi connectivity index (χ0) is 15.7. The van der Waals surface area contributed by atoms with E-state index in [-0.39, 0.29) is 38.8 Å². The van der Waals surface area contributed by atoms with Gasteiger partial charge in [0.15, 0.2) is 0 Å². The lowest BCUT2D eigenvalue weighted by atomic mass is 10.2. The maximum Gasteiger partial charge on any atom is 0.317 e. The molecule has 2 amide bonds. The molecule has 0 bridgehead atoms. The summed E-state index contributed by atoms with van der Waals surface area (Å²) in [4.78, 5) is 45.9. The fraction of sp³-hybridized carbons (Fsp3) is 0.636. The van der Waals surface area contributed by atoms with Crippen molar-refractivity contribution in [2.45, 2.75) is 13.0 Å². The standard InChI is InChI=1S/C11H20N4O5/c1-8(15(2-3-16)6-10(13)18)4-14(5-9(12)17)7-11(19)20/h3,8H,2,4-7H2,1H3,(H2,12,17)(H2,13,18)(H,19,20)/t8-/m0/s1. The van der Waals surface area contributed by atoms with Crippen LogP contribution >= 0.6 is 0 Å². The van der Waals surface area contributed by atoms with Crippen LogP contribution in [0.4, 0.5) is 0 Å². The van der Waals surface area contributed by atoms with Crippen LogP contribution in [0.2, 0.25) is 0 Å². The number of primary amides is 2. The summed E-state index contributed by atoms with van der Waals surface area (Å²) in [6.45, 7) is 1.14. The van der Waals surface area contributed by atoms with Gasteiger partial charge in [-0.1, -0.05) is 0 Å². The predicted octanol–water partition coefficient (Wildman–Crippen LogP) is -2.77. The molecule has 0 fully saturated rings. The van der Waals surface area contributed by atoms with E-state index in [0.717, 1.165) is 0 Å². The van der Waals surface area contributed by atoms with Gasteiger partial charge in [-0.2, -0.15) is 0 Å². The Morgan fingerprint density at radius 2 is 1.70 bits per heavy atom. The van der Waals surface area contributed by atoms with Gasteiger partial charge >= 0.3 is 5.97 Å². The van der Waals surface area contributed by atoms with E-state index >= 15 is 0 Å². The first-order valence-corrected chi connectivity index (χ1v) is 5.94. The van der Waals surface area contributed by atoms with Crippen LogP contribution < -0.4 is 11.5 Å². The van der Waals surface area contributed by atoms with Crippen molar-refractivity contribution in [3.05, 3.63) is 0 Å². The molecule has 0 radical (unpaired) electrons. The molecular formula is C11H20N4O5. The maximum absolute atomic E-state index is 10.9. The van der Waals surface area contributed by atoms with Crippen LogP contribution in [0, 0.1) is 0 Å². The molecule has 9 nitrogen and oxygen atoms in total. The average molecular weight is 288 g/mol. The van der Waals surface area contributed by atoms with E-state index in [1.165, 1.54) is 9.80 Å². The minimum Gasteiger partial charge on any atom is -0.480 e. The van der Waals surface area contributed by atoms with E-state index in [4.69, 9.17) is 16.6 Å². The van der Waals surface area contributed by atoms with Crippen LogP contribution in [0.1, 0.15) is 6.92 Å². The van der Waals surface area contributed by atoms with Crippen LogP contribution in [-0.4, -0.2) is 77.7 Å². The Bertz CT molecular complexity index is 358. The maximum atomic E-state index is 10.9.